The Balaban J connectivity index is 2.05. The smallest absolute Gasteiger partial charge is 0.353 e. The van der Waals surface area contributed by atoms with E-state index >= 15 is 0 Å². The summed E-state index contributed by atoms with van der Waals surface area (Å²) in [5.74, 6) is -0.199. The Morgan fingerprint density at radius 1 is 1.46 bits per heavy atom. The van der Waals surface area contributed by atoms with Gasteiger partial charge in [-0.1, -0.05) is 0 Å². The van der Waals surface area contributed by atoms with Crippen molar-refractivity contribution in [3.05, 3.63) is 10.6 Å². The third-order valence-electron chi connectivity index (χ3n) is 4.41. The molecule has 0 aliphatic carbocycles. The van der Waals surface area contributed by atoms with Gasteiger partial charge in [0, 0.05) is 24.0 Å². The van der Waals surface area contributed by atoms with Crippen LogP contribution in [0.25, 0.3) is 0 Å². The van der Waals surface area contributed by atoms with E-state index in [1.54, 1.807) is 14.0 Å². The van der Waals surface area contributed by atoms with Crippen LogP contribution in [0.5, 0.6) is 0 Å². The maximum atomic E-state index is 12.6. The second-order valence-electron chi connectivity index (χ2n) is 7.47. The van der Waals surface area contributed by atoms with E-state index in [2.05, 4.69) is 24.6 Å². The lowest BCUT2D eigenvalue weighted by atomic mass is 9.83. The average molecular weight is 401 g/mol. The fourth-order valence-electron chi connectivity index (χ4n) is 3.41. The summed E-state index contributed by atoms with van der Waals surface area (Å²) in [5.41, 5.74) is 0.133. The van der Waals surface area contributed by atoms with Gasteiger partial charge in [0.2, 0.25) is 5.91 Å². The van der Waals surface area contributed by atoms with Gasteiger partial charge >= 0.3 is 5.97 Å². The monoisotopic (exact) mass is 400 g/mol. The number of hydrogen-bond acceptors (Lipinski definition) is 6. The number of nitrogens with zero attached hydrogens (tertiary/aromatic N) is 2. The number of carbonyl (C=O) groups excluding carboxylic acids is 1. The molecule has 0 unspecified atom stereocenters. The Kier molecular flexibility index (Phi) is 6.57. The highest BCUT2D eigenvalue weighted by molar-refractivity contribution is 8.03. The van der Waals surface area contributed by atoms with Gasteiger partial charge in [-0.05, 0) is 26.6 Å². The summed E-state index contributed by atoms with van der Waals surface area (Å²) in [4.78, 5) is 30.7. The molecule has 1 saturated heterocycles. The van der Waals surface area contributed by atoms with Gasteiger partial charge < -0.3 is 19.2 Å². The predicted molar refractivity (Wildman–Crippen MR) is 105 cm³/mol. The quantitative estimate of drug-likeness (QED) is 0.221. The van der Waals surface area contributed by atoms with Gasteiger partial charge in [0.25, 0.3) is 0 Å². The Labute approximate surface area is 160 Å². The van der Waals surface area contributed by atoms with Crippen molar-refractivity contribution in [2.24, 2.45) is 10.9 Å². The number of methoxy groups -OCH3 is 1. The van der Waals surface area contributed by atoms with Crippen molar-refractivity contribution in [1.29, 1.82) is 0 Å². The van der Waals surface area contributed by atoms with Crippen LogP contribution in [0.2, 0.25) is 19.6 Å². The summed E-state index contributed by atoms with van der Waals surface area (Å²) in [6, 6.07) is -0.105. The van der Waals surface area contributed by atoms with Crippen molar-refractivity contribution in [3.8, 4) is 0 Å². The number of ether oxygens (including phenoxy) is 1. The number of rotatable bonds is 8. The molecule has 26 heavy (non-hydrogen) atoms. The van der Waals surface area contributed by atoms with Crippen molar-refractivity contribution in [3.63, 3.8) is 0 Å². The zero-order chi connectivity index (χ0) is 19.6. The molecule has 2 rings (SSSR count). The van der Waals surface area contributed by atoms with Gasteiger partial charge in [-0.2, -0.15) is 0 Å². The van der Waals surface area contributed by atoms with E-state index in [0.29, 0.717) is 24.6 Å². The molecule has 1 N–H and O–H groups in total. The molecule has 1 fully saturated rings. The van der Waals surface area contributed by atoms with E-state index < -0.39 is 14.3 Å². The molecule has 7 nitrogen and oxygen atoms in total. The van der Waals surface area contributed by atoms with Gasteiger partial charge in [-0.25, -0.2) is 4.79 Å². The first-order valence-electron chi connectivity index (χ1n) is 8.72. The summed E-state index contributed by atoms with van der Waals surface area (Å²) in [6.45, 7) is 10.5. The van der Waals surface area contributed by atoms with Crippen LogP contribution in [0, 0.1) is 5.92 Å². The molecular formula is C17H28N2O5SSi. The van der Waals surface area contributed by atoms with Gasteiger partial charge in [-0.15, -0.1) is 11.8 Å². The van der Waals surface area contributed by atoms with Crippen LogP contribution in [0.1, 0.15) is 20.3 Å². The summed E-state index contributed by atoms with van der Waals surface area (Å²) in [7, 11) is -0.204. The van der Waals surface area contributed by atoms with Crippen LogP contribution in [0.4, 0.5) is 0 Å². The van der Waals surface area contributed by atoms with E-state index in [1.807, 2.05) is 6.92 Å². The highest BCUT2D eigenvalue weighted by Crippen LogP contribution is 2.47. The topological polar surface area (TPSA) is 88.4 Å². The van der Waals surface area contributed by atoms with E-state index in [0.717, 1.165) is 4.91 Å². The molecule has 0 aromatic heterocycles. The number of thioether (sulfide) groups is 1. The van der Waals surface area contributed by atoms with Gasteiger partial charge in [0.15, 0.2) is 14.2 Å². The number of aliphatic carboxylic acids is 1. The van der Waals surface area contributed by atoms with Crippen molar-refractivity contribution >= 4 is 37.9 Å². The first kappa shape index (κ1) is 21.0. The van der Waals surface area contributed by atoms with Crippen molar-refractivity contribution < 1.29 is 23.9 Å². The number of β-lactam (4-membered cyclic amide) rings is 1. The normalized spacial score (nSPS) is 24.5. The highest BCUT2D eigenvalue weighted by Gasteiger charge is 2.57. The molecule has 0 radical (unpaired) electrons. The lowest BCUT2D eigenvalue weighted by Crippen LogP contribution is -2.63. The zero-order valence-corrected chi connectivity index (χ0v) is 18.1. The van der Waals surface area contributed by atoms with Gasteiger partial charge in [0.1, 0.15) is 5.70 Å². The third-order valence-corrected chi connectivity index (χ3v) is 6.59. The zero-order valence-electron chi connectivity index (χ0n) is 16.2. The Bertz CT molecular complexity index is 644. The van der Waals surface area contributed by atoms with Crippen molar-refractivity contribution in [2.45, 2.75) is 52.1 Å². The minimum atomic E-state index is -1.77. The summed E-state index contributed by atoms with van der Waals surface area (Å²) >= 11 is 1.46. The number of hydrogen-bond donors (Lipinski definition) is 1. The van der Waals surface area contributed by atoms with Crippen LogP contribution in [-0.2, 0) is 18.8 Å². The molecule has 2 aliphatic heterocycles. The minimum Gasteiger partial charge on any atom is -0.484 e. The Morgan fingerprint density at radius 3 is 2.65 bits per heavy atom. The summed E-state index contributed by atoms with van der Waals surface area (Å²) in [5, 5.41) is 9.58. The molecule has 0 saturated carbocycles. The molecule has 3 atom stereocenters. The first-order chi connectivity index (χ1) is 12.1. The van der Waals surface area contributed by atoms with E-state index in [9.17, 15) is 14.7 Å². The summed E-state index contributed by atoms with van der Waals surface area (Å²) in [6.07, 6.45) is 0.387. The number of fused-ring (bicyclic) bond motifs is 1. The lowest BCUT2D eigenvalue weighted by Gasteiger charge is -2.46. The molecule has 1 amide bonds. The highest BCUT2D eigenvalue weighted by atomic mass is 32.2. The number of carbonyl (C=O) groups is 2. The SMILES string of the molecule is CO/C(C)=N\CCSC1=C(C(=O)O)N2C(=O)[C@@H]([C@H](C)O[Si](C)(C)C)[C@H]2C1. The van der Waals surface area contributed by atoms with Crippen LogP contribution in [-0.4, -0.2) is 67.7 Å². The summed E-state index contributed by atoms with van der Waals surface area (Å²) < 4.78 is 11.1. The molecule has 0 bridgehead atoms. The molecule has 0 aromatic rings. The number of aliphatic imine (C=N–C) groups is 1. The number of carboxylic acid groups (broad SMARTS) is 1. The molecule has 146 valence electrons. The van der Waals surface area contributed by atoms with Crippen LogP contribution >= 0.6 is 11.8 Å². The van der Waals surface area contributed by atoms with Crippen molar-refractivity contribution in [1.82, 2.24) is 4.90 Å². The molecule has 2 heterocycles. The molecular weight excluding hydrogens is 372 g/mol. The predicted octanol–water partition coefficient (Wildman–Crippen LogP) is 2.55. The van der Waals surface area contributed by atoms with E-state index in [1.165, 1.54) is 16.7 Å². The Hall–Kier alpha value is -1.32. The number of amides is 1. The minimum absolute atomic E-state index is 0.105. The molecule has 9 heteroatoms. The second-order valence-corrected chi connectivity index (χ2v) is 13.1. The standard InChI is InChI=1S/C17H28N2O5SSi/c1-10(24-26(4,5)6)14-12-9-13(25-8-7-18-11(2)23-3)15(17(21)22)19(12)16(14)20/h10,12,14H,7-9H2,1-6H3,(H,21,22)/b18-11-/t10-,12+,14-/m0/s1. The largest absolute Gasteiger partial charge is 0.484 e. The van der Waals surface area contributed by atoms with Crippen LogP contribution in [0.15, 0.2) is 15.6 Å². The Morgan fingerprint density at radius 2 is 2.12 bits per heavy atom. The molecule has 0 aromatic carbocycles. The lowest BCUT2D eigenvalue weighted by molar-refractivity contribution is -0.160. The van der Waals surface area contributed by atoms with E-state index in [4.69, 9.17) is 9.16 Å². The maximum absolute atomic E-state index is 12.6. The van der Waals surface area contributed by atoms with E-state index in [-0.39, 0.29) is 29.7 Å². The van der Waals surface area contributed by atoms with Crippen molar-refractivity contribution in [2.75, 3.05) is 19.4 Å². The first-order valence-corrected chi connectivity index (χ1v) is 13.1. The maximum Gasteiger partial charge on any atom is 0.353 e. The van der Waals surface area contributed by atoms with Crippen LogP contribution < -0.4 is 0 Å². The average Bonchev–Trinajstić information content (AvgIpc) is 2.84. The fraction of sp³-hybridized carbons (Fsp3) is 0.706. The number of carboxylic acids is 1. The fourth-order valence-corrected chi connectivity index (χ4v) is 5.71. The van der Waals surface area contributed by atoms with Gasteiger partial charge in [-0.3, -0.25) is 9.79 Å². The third kappa shape index (κ3) is 4.50. The van der Waals surface area contributed by atoms with Crippen LogP contribution in [0.3, 0.4) is 0 Å². The molecule has 0 spiro atoms. The second kappa shape index (κ2) is 8.14. The van der Waals surface area contributed by atoms with Gasteiger partial charge in [0.05, 0.1) is 31.7 Å². The molecule has 2 aliphatic rings.